The number of aryl methyl sites for hydroxylation is 2. The number of fused-ring (bicyclic) bond motifs is 4. The molecule has 0 spiro atoms. The average Bonchev–Trinajstić information content (AvgIpc) is 3.03. The van der Waals surface area contributed by atoms with Gasteiger partial charge in [0, 0.05) is 0 Å². The van der Waals surface area contributed by atoms with Crippen LogP contribution in [-0.4, -0.2) is 37.4 Å². The molecule has 2 aliphatic rings. The van der Waals surface area contributed by atoms with E-state index in [1.807, 2.05) is 72.8 Å². The first kappa shape index (κ1) is 28.7. The molecule has 0 aliphatic carbocycles. The first-order chi connectivity index (χ1) is 20.7. The van der Waals surface area contributed by atoms with Gasteiger partial charge in [-0.2, -0.15) is 0 Å². The molecule has 0 radical (unpaired) electrons. The van der Waals surface area contributed by atoms with Crippen molar-refractivity contribution >= 4 is 0 Å². The van der Waals surface area contributed by atoms with Crippen molar-refractivity contribution in [3.63, 3.8) is 0 Å². The number of hydrogen-bond donors (Lipinski definition) is 0. The van der Waals surface area contributed by atoms with Gasteiger partial charge in [-0.05, 0) is 46.2 Å². The first-order valence-electron chi connectivity index (χ1n) is 14.7. The van der Waals surface area contributed by atoms with E-state index in [4.69, 9.17) is 23.7 Å². The fraction of sp³-hybridized carbons (Fsp3) is 0.333. The van der Waals surface area contributed by atoms with E-state index >= 15 is 4.39 Å². The molecule has 42 heavy (non-hydrogen) atoms. The van der Waals surface area contributed by atoms with Gasteiger partial charge in [-0.15, -0.1) is 0 Å². The molecule has 5 nitrogen and oxygen atoms in total. The Morgan fingerprint density at radius 1 is 0.595 bits per heavy atom. The summed E-state index contributed by atoms with van der Waals surface area (Å²) in [5.74, 6) is 0. The molecule has 1 fully saturated rings. The van der Waals surface area contributed by atoms with E-state index in [0.29, 0.717) is 19.8 Å². The van der Waals surface area contributed by atoms with Gasteiger partial charge in [0.15, 0.2) is 0 Å². The predicted molar refractivity (Wildman–Crippen MR) is 158 cm³/mol. The van der Waals surface area contributed by atoms with Crippen LogP contribution in [0.1, 0.15) is 33.4 Å². The van der Waals surface area contributed by atoms with Crippen molar-refractivity contribution < 1.29 is 28.1 Å². The topological polar surface area (TPSA) is 46.2 Å². The quantitative estimate of drug-likeness (QED) is 0.258. The van der Waals surface area contributed by atoms with Gasteiger partial charge in [-0.3, -0.25) is 0 Å². The molecule has 0 aromatic heterocycles. The summed E-state index contributed by atoms with van der Waals surface area (Å²) in [5.41, 5.74) is 6.59. The van der Waals surface area contributed by atoms with Crippen LogP contribution in [0.5, 0.6) is 0 Å². The SMILES string of the molecule is FC1O[C@@H]2COCc3ccccc3CCc3ccccc3CO[C@@H]([C@@H]2OCc2ccccc2)[C@H]1OCc1ccccc1. The van der Waals surface area contributed by atoms with Gasteiger partial charge in [0.25, 0.3) is 0 Å². The van der Waals surface area contributed by atoms with E-state index in [2.05, 4.69) is 36.4 Å². The Labute approximate surface area is 247 Å². The molecule has 2 aliphatic heterocycles. The van der Waals surface area contributed by atoms with E-state index in [0.717, 1.165) is 35.1 Å². The number of rotatable bonds is 6. The summed E-state index contributed by atoms with van der Waals surface area (Å²) in [7, 11) is 0. The Bertz CT molecular complexity index is 1400. The van der Waals surface area contributed by atoms with Gasteiger partial charge >= 0.3 is 0 Å². The highest BCUT2D eigenvalue weighted by atomic mass is 19.1. The van der Waals surface area contributed by atoms with Crippen LogP contribution in [0.3, 0.4) is 0 Å². The van der Waals surface area contributed by atoms with Gasteiger partial charge in [0.05, 0.1) is 33.0 Å². The third kappa shape index (κ3) is 7.14. The lowest BCUT2D eigenvalue weighted by Crippen LogP contribution is -2.60. The number of halogens is 1. The standard InChI is InChI=1S/C36H37FO5/c37-36-35(40-22-27-13-5-2-6-14-27)34-33(39-21-26-11-3-1-4-12-26)32(42-36)25-38-23-30-17-9-7-15-28(30)19-20-29-16-8-10-18-31(29)24-41-34/h1-18,32-36H,19-25H2/t32-,33-,34+,35-,36?/m1/s1. The van der Waals surface area contributed by atoms with E-state index < -0.39 is 30.8 Å². The second-order valence-electron chi connectivity index (χ2n) is 10.9. The smallest absolute Gasteiger partial charge is 0.228 e. The predicted octanol–water partition coefficient (Wildman–Crippen LogP) is 6.75. The molecule has 218 valence electrons. The number of hydrogen-bond acceptors (Lipinski definition) is 5. The van der Waals surface area contributed by atoms with Gasteiger partial charge in [-0.1, -0.05) is 109 Å². The molecule has 2 bridgehead atoms. The van der Waals surface area contributed by atoms with Crippen LogP contribution < -0.4 is 0 Å². The molecule has 0 N–H and O–H groups in total. The van der Waals surface area contributed by atoms with E-state index in [9.17, 15) is 0 Å². The molecule has 1 saturated heterocycles. The van der Waals surface area contributed by atoms with Crippen molar-refractivity contribution in [3.8, 4) is 0 Å². The summed E-state index contributed by atoms with van der Waals surface area (Å²) in [4.78, 5) is 0. The lowest BCUT2D eigenvalue weighted by atomic mass is 9.96. The number of benzene rings is 4. The maximum atomic E-state index is 15.9. The second-order valence-corrected chi connectivity index (χ2v) is 10.9. The van der Waals surface area contributed by atoms with Crippen LogP contribution in [0.4, 0.5) is 4.39 Å². The minimum atomic E-state index is -1.71. The molecule has 4 aromatic rings. The summed E-state index contributed by atoms with van der Waals surface area (Å²) >= 11 is 0. The third-order valence-electron chi connectivity index (χ3n) is 8.02. The summed E-state index contributed by atoms with van der Waals surface area (Å²) in [6, 6.07) is 36.3. The monoisotopic (exact) mass is 568 g/mol. The normalized spacial score (nSPS) is 24.6. The zero-order chi connectivity index (χ0) is 28.6. The average molecular weight is 569 g/mol. The minimum Gasteiger partial charge on any atom is -0.374 e. The Morgan fingerprint density at radius 3 is 1.69 bits per heavy atom. The highest BCUT2D eigenvalue weighted by Crippen LogP contribution is 2.32. The summed E-state index contributed by atoms with van der Waals surface area (Å²) in [6.45, 7) is 1.43. The summed E-state index contributed by atoms with van der Waals surface area (Å²) < 4.78 is 47.3. The Hall–Kier alpha value is -3.39. The van der Waals surface area contributed by atoms with Crippen LogP contribution in [0.2, 0.25) is 0 Å². The Morgan fingerprint density at radius 2 is 1.10 bits per heavy atom. The van der Waals surface area contributed by atoms with E-state index in [1.54, 1.807) is 0 Å². The van der Waals surface area contributed by atoms with Gasteiger partial charge < -0.3 is 23.7 Å². The fourth-order valence-electron chi connectivity index (χ4n) is 5.72. The maximum Gasteiger partial charge on any atom is 0.228 e. The molecule has 0 amide bonds. The second kappa shape index (κ2) is 14.2. The van der Waals surface area contributed by atoms with Crippen LogP contribution in [0.25, 0.3) is 0 Å². The molecule has 6 rings (SSSR count). The fourth-order valence-corrected chi connectivity index (χ4v) is 5.72. The Kier molecular flexibility index (Phi) is 9.70. The largest absolute Gasteiger partial charge is 0.374 e. The highest BCUT2D eigenvalue weighted by Gasteiger charge is 2.49. The zero-order valence-electron chi connectivity index (χ0n) is 23.6. The van der Waals surface area contributed by atoms with Crippen LogP contribution >= 0.6 is 0 Å². The van der Waals surface area contributed by atoms with Crippen LogP contribution in [0, 0.1) is 0 Å². The summed E-state index contributed by atoms with van der Waals surface area (Å²) in [5, 5.41) is 0. The molecule has 6 heteroatoms. The Balaban J connectivity index is 1.32. The van der Waals surface area contributed by atoms with Gasteiger partial charge in [-0.25, -0.2) is 4.39 Å². The molecular formula is C36H37FO5. The van der Waals surface area contributed by atoms with Gasteiger partial charge in [0.1, 0.15) is 24.4 Å². The van der Waals surface area contributed by atoms with Crippen molar-refractivity contribution in [2.24, 2.45) is 0 Å². The van der Waals surface area contributed by atoms with Crippen molar-refractivity contribution in [1.82, 2.24) is 0 Å². The lowest BCUT2D eigenvalue weighted by Gasteiger charge is -2.43. The highest BCUT2D eigenvalue weighted by molar-refractivity contribution is 5.31. The minimum absolute atomic E-state index is 0.163. The van der Waals surface area contributed by atoms with Crippen LogP contribution in [0.15, 0.2) is 109 Å². The molecule has 4 aromatic carbocycles. The van der Waals surface area contributed by atoms with Crippen LogP contribution in [-0.2, 0) is 63.0 Å². The van der Waals surface area contributed by atoms with Crippen molar-refractivity contribution in [2.45, 2.75) is 70.0 Å². The first-order valence-corrected chi connectivity index (χ1v) is 14.7. The zero-order valence-corrected chi connectivity index (χ0v) is 23.6. The molecule has 0 saturated carbocycles. The van der Waals surface area contributed by atoms with Gasteiger partial charge in [0.2, 0.25) is 6.36 Å². The van der Waals surface area contributed by atoms with Crippen molar-refractivity contribution in [2.75, 3.05) is 6.61 Å². The molecule has 1 unspecified atom stereocenters. The molecule has 2 heterocycles. The third-order valence-corrected chi connectivity index (χ3v) is 8.02. The number of ether oxygens (including phenoxy) is 5. The summed E-state index contributed by atoms with van der Waals surface area (Å²) in [6.07, 6.45) is -2.97. The molecule has 5 atom stereocenters. The molecular weight excluding hydrogens is 531 g/mol. The van der Waals surface area contributed by atoms with E-state index in [-0.39, 0.29) is 13.2 Å². The van der Waals surface area contributed by atoms with E-state index in [1.165, 1.54) is 11.1 Å². The lowest BCUT2D eigenvalue weighted by molar-refractivity contribution is -0.298. The number of alkyl halides is 1. The van der Waals surface area contributed by atoms with Crippen molar-refractivity contribution in [3.05, 3.63) is 143 Å². The maximum absolute atomic E-state index is 15.9. The van der Waals surface area contributed by atoms with Crippen molar-refractivity contribution in [1.29, 1.82) is 0 Å².